The van der Waals surface area contributed by atoms with E-state index in [9.17, 15) is 4.79 Å². The number of hydrogen-bond acceptors (Lipinski definition) is 4. The molecule has 0 saturated carbocycles. The standard InChI is InChI=1S/C21H27N3O3/c1-15-5-6-16(2)18(13-15)22-21(25)24-11-9-23(10-12-24)19-14-17(26-3)7-8-20(19)27-4/h5-8,13-14H,9-12H2,1-4H3,(H,22,25). The zero-order valence-corrected chi connectivity index (χ0v) is 16.4. The zero-order valence-electron chi connectivity index (χ0n) is 16.4. The van der Waals surface area contributed by atoms with Crippen LogP contribution >= 0.6 is 0 Å². The van der Waals surface area contributed by atoms with Gasteiger partial charge in [-0.2, -0.15) is 0 Å². The van der Waals surface area contributed by atoms with Crippen molar-refractivity contribution in [2.24, 2.45) is 0 Å². The van der Waals surface area contributed by atoms with Crippen molar-refractivity contribution >= 4 is 17.4 Å². The highest BCUT2D eigenvalue weighted by molar-refractivity contribution is 5.90. The van der Waals surface area contributed by atoms with Gasteiger partial charge in [-0.3, -0.25) is 0 Å². The smallest absolute Gasteiger partial charge is 0.321 e. The Kier molecular flexibility index (Phi) is 5.74. The first-order valence-corrected chi connectivity index (χ1v) is 9.12. The number of anilines is 2. The van der Waals surface area contributed by atoms with Gasteiger partial charge >= 0.3 is 6.03 Å². The third kappa shape index (κ3) is 4.27. The molecule has 0 aliphatic carbocycles. The van der Waals surface area contributed by atoms with Crippen molar-refractivity contribution in [3.63, 3.8) is 0 Å². The Morgan fingerprint density at radius 2 is 1.70 bits per heavy atom. The highest BCUT2D eigenvalue weighted by Crippen LogP contribution is 2.33. The molecule has 6 nitrogen and oxygen atoms in total. The summed E-state index contributed by atoms with van der Waals surface area (Å²) in [5.74, 6) is 1.60. The molecule has 1 fully saturated rings. The van der Waals surface area contributed by atoms with Gasteiger partial charge in [0.2, 0.25) is 0 Å². The van der Waals surface area contributed by atoms with Crippen molar-refractivity contribution in [2.45, 2.75) is 13.8 Å². The van der Waals surface area contributed by atoms with Crippen molar-refractivity contribution in [1.82, 2.24) is 4.90 Å². The van der Waals surface area contributed by atoms with E-state index in [1.54, 1.807) is 14.2 Å². The van der Waals surface area contributed by atoms with Gasteiger partial charge < -0.3 is 24.6 Å². The van der Waals surface area contributed by atoms with Crippen LogP contribution in [-0.4, -0.2) is 51.3 Å². The van der Waals surface area contributed by atoms with E-state index in [0.717, 1.165) is 47.1 Å². The van der Waals surface area contributed by atoms with E-state index in [2.05, 4.69) is 10.2 Å². The number of benzene rings is 2. The van der Waals surface area contributed by atoms with Crippen molar-refractivity contribution in [1.29, 1.82) is 0 Å². The maximum Gasteiger partial charge on any atom is 0.321 e. The normalized spacial score (nSPS) is 14.1. The van der Waals surface area contributed by atoms with Gasteiger partial charge in [-0.25, -0.2) is 4.79 Å². The maximum atomic E-state index is 12.6. The summed E-state index contributed by atoms with van der Waals surface area (Å²) in [6.07, 6.45) is 0. The van der Waals surface area contributed by atoms with Crippen LogP contribution in [0.5, 0.6) is 11.5 Å². The van der Waals surface area contributed by atoms with Crippen molar-refractivity contribution in [2.75, 3.05) is 50.6 Å². The molecule has 1 aliphatic heterocycles. The Morgan fingerprint density at radius 3 is 2.37 bits per heavy atom. The molecule has 0 bridgehead atoms. The summed E-state index contributed by atoms with van der Waals surface area (Å²) >= 11 is 0. The van der Waals surface area contributed by atoms with Crippen molar-refractivity contribution in [3.8, 4) is 11.5 Å². The van der Waals surface area contributed by atoms with Crippen LogP contribution in [0.1, 0.15) is 11.1 Å². The minimum absolute atomic E-state index is 0.0547. The molecule has 0 spiro atoms. The molecular formula is C21H27N3O3. The molecule has 2 aromatic rings. The summed E-state index contributed by atoms with van der Waals surface area (Å²) in [5, 5.41) is 3.04. The lowest BCUT2D eigenvalue weighted by molar-refractivity contribution is 0.208. The molecular weight excluding hydrogens is 342 g/mol. The summed E-state index contributed by atoms with van der Waals surface area (Å²) in [7, 11) is 3.32. The first-order chi connectivity index (χ1) is 13.0. The molecule has 1 N–H and O–H groups in total. The van der Waals surface area contributed by atoms with E-state index < -0.39 is 0 Å². The number of ether oxygens (including phenoxy) is 2. The second kappa shape index (κ2) is 8.20. The molecule has 0 unspecified atom stereocenters. The summed E-state index contributed by atoms with van der Waals surface area (Å²) in [4.78, 5) is 16.7. The molecule has 1 heterocycles. The molecule has 2 aromatic carbocycles. The van der Waals surface area contributed by atoms with Gasteiger partial charge in [0.15, 0.2) is 0 Å². The average Bonchev–Trinajstić information content (AvgIpc) is 2.70. The molecule has 144 valence electrons. The maximum absolute atomic E-state index is 12.6. The van der Waals surface area contributed by atoms with Crippen LogP contribution in [0.4, 0.5) is 16.2 Å². The van der Waals surface area contributed by atoms with Crippen LogP contribution in [0.25, 0.3) is 0 Å². The molecule has 0 radical (unpaired) electrons. The number of urea groups is 1. The number of piperazine rings is 1. The Hall–Kier alpha value is -2.89. The van der Waals surface area contributed by atoms with Gasteiger partial charge in [0, 0.05) is 37.9 Å². The fraction of sp³-hybridized carbons (Fsp3) is 0.381. The number of amides is 2. The number of carbonyl (C=O) groups excluding carboxylic acids is 1. The first kappa shape index (κ1) is 18.9. The van der Waals surface area contributed by atoms with Gasteiger partial charge in [0.1, 0.15) is 11.5 Å². The number of nitrogens with zero attached hydrogens (tertiary/aromatic N) is 2. The fourth-order valence-electron chi connectivity index (χ4n) is 3.26. The third-order valence-corrected chi connectivity index (χ3v) is 4.93. The molecule has 6 heteroatoms. The summed E-state index contributed by atoms with van der Waals surface area (Å²) in [6, 6.07) is 11.8. The first-order valence-electron chi connectivity index (χ1n) is 9.12. The summed E-state index contributed by atoms with van der Waals surface area (Å²) in [5.41, 5.74) is 4.06. The molecule has 0 atom stereocenters. The van der Waals surface area contributed by atoms with E-state index in [1.165, 1.54) is 0 Å². The van der Waals surface area contributed by atoms with Crippen LogP contribution in [-0.2, 0) is 0 Å². The molecule has 1 saturated heterocycles. The quantitative estimate of drug-likeness (QED) is 0.893. The van der Waals surface area contributed by atoms with Gasteiger partial charge in [0.25, 0.3) is 0 Å². The molecule has 3 rings (SSSR count). The summed E-state index contributed by atoms with van der Waals surface area (Å²) < 4.78 is 10.8. The number of hydrogen-bond donors (Lipinski definition) is 1. The number of nitrogens with one attached hydrogen (secondary N) is 1. The second-order valence-corrected chi connectivity index (χ2v) is 6.76. The topological polar surface area (TPSA) is 54.0 Å². The van der Waals surface area contributed by atoms with Crippen LogP contribution < -0.4 is 19.7 Å². The second-order valence-electron chi connectivity index (χ2n) is 6.76. The molecule has 27 heavy (non-hydrogen) atoms. The van der Waals surface area contributed by atoms with Crippen LogP contribution in [0.15, 0.2) is 36.4 Å². The average molecular weight is 369 g/mol. The largest absolute Gasteiger partial charge is 0.497 e. The van der Waals surface area contributed by atoms with Crippen LogP contribution in [0.3, 0.4) is 0 Å². The Bertz CT molecular complexity index is 814. The highest BCUT2D eigenvalue weighted by atomic mass is 16.5. The SMILES string of the molecule is COc1ccc(OC)c(N2CCN(C(=O)Nc3cc(C)ccc3C)CC2)c1. The molecule has 0 aromatic heterocycles. The van der Waals surface area contributed by atoms with Gasteiger partial charge in [-0.1, -0.05) is 12.1 Å². The van der Waals surface area contributed by atoms with Crippen molar-refractivity contribution < 1.29 is 14.3 Å². The monoisotopic (exact) mass is 369 g/mol. The van der Waals surface area contributed by atoms with Gasteiger partial charge in [-0.15, -0.1) is 0 Å². The minimum Gasteiger partial charge on any atom is -0.497 e. The fourth-order valence-corrected chi connectivity index (χ4v) is 3.26. The lowest BCUT2D eigenvalue weighted by Crippen LogP contribution is -2.50. The van der Waals surface area contributed by atoms with E-state index in [4.69, 9.17) is 9.47 Å². The zero-order chi connectivity index (χ0) is 19.4. The lowest BCUT2D eigenvalue weighted by Gasteiger charge is -2.36. The van der Waals surface area contributed by atoms with Crippen molar-refractivity contribution in [3.05, 3.63) is 47.5 Å². The van der Waals surface area contributed by atoms with Crippen LogP contribution in [0.2, 0.25) is 0 Å². The number of methoxy groups -OCH3 is 2. The van der Waals surface area contributed by atoms with E-state index in [1.807, 2.05) is 55.1 Å². The van der Waals surface area contributed by atoms with Crippen LogP contribution in [0, 0.1) is 13.8 Å². The lowest BCUT2D eigenvalue weighted by atomic mass is 10.1. The third-order valence-electron chi connectivity index (χ3n) is 4.93. The molecule has 2 amide bonds. The predicted octanol–water partition coefficient (Wildman–Crippen LogP) is 3.67. The predicted molar refractivity (Wildman–Crippen MR) is 108 cm³/mol. The summed E-state index contributed by atoms with van der Waals surface area (Å²) in [6.45, 7) is 6.80. The number of rotatable bonds is 4. The Labute approximate surface area is 160 Å². The Morgan fingerprint density at radius 1 is 0.963 bits per heavy atom. The van der Waals surface area contributed by atoms with E-state index in [-0.39, 0.29) is 6.03 Å². The number of carbonyl (C=O) groups is 1. The van der Waals surface area contributed by atoms with E-state index in [0.29, 0.717) is 13.1 Å². The van der Waals surface area contributed by atoms with E-state index >= 15 is 0 Å². The minimum atomic E-state index is -0.0547. The molecule has 1 aliphatic rings. The van der Waals surface area contributed by atoms with Gasteiger partial charge in [0.05, 0.1) is 19.9 Å². The highest BCUT2D eigenvalue weighted by Gasteiger charge is 2.23. The van der Waals surface area contributed by atoms with Gasteiger partial charge in [-0.05, 0) is 43.2 Å². The Balaban J connectivity index is 1.65. The number of aryl methyl sites for hydroxylation is 2.